The Balaban J connectivity index is 0.731. The van der Waals surface area contributed by atoms with Gasteiger partial charge in [0.15, 0.2) is 23.1 Å². The molecule has 4 aromatic carbocycles. The number of hydrogen-bond donors (Lipinski definition) is 4. The van der Waals surface area contributed by atoms with Crippen LogP contribution in [0.4, 0.5) is 33.9 Å². The zero-order chi connectivity index (χ0) is 50.7. The molecule has 5 aromatic rings. The summed E-state index contributed by atoms with van der Waals surface area (Å²) in [5, 5.41) is 10.1. The lowest BCUT2D eigenvalue weighted by Crippen LogP contribution is -2.49. The second-order valence-electron chi connectivity index (χ2n) is 20.3. The number of hydrogen-bond acceptors (Lipinski definition) is 9. The molecule has 1 aromatic heterocycles. The Hall–Kier alpha value is -6.24. The number of benzene rings is 4. The number of aromatic nitrogens is 2. The number of primary amides is 1. The van der Waals surface area contributed by atoms with Crippen molar-refractivity contribution in [1.29, 1.82) is 0 Å². The van der Waals surface area contributed by atoms with E-state index in [1.165, 1.54) is 33.8 Å². The van der Waals surface area contributed by atoms with Gasteiger partial charge in [0.1, 0.15) is 22.9 Å². The Kier molecular flexibility index (Phi) is 13.5. The molecule has 2 atom stereocenters. The van der Waals surface area contributed by atoms with E-state index in [0.717, 1.165) is 37.8 Å². The summed E-state index contributed by atoms with van der Waals surface area (Å²) in [6.45, 7) is 5.87. The standard InChI is InChI=1S/C53H58ClF4N9O5/c1-28-41-39(25-37(56)45(54)44(41)43-34(49(60)69)12-13-38(59)46(43)57)72-53(28,32-6-4-3-5-7-32)27-61-33-10-8-31(9-11-33)51(70)66-21-14-29(15-22-66)26-65-19-16-30(17-20-65)42-36(55)24-35-48(47(42)58)64(2)63-50(35)67-23-18-40(68)62-52(67)71/h3-7,12-13,24-25,28-31,33,61H,8-11,14-23,26-27,59H2,1-2H3,(H2,60,69)(H,62,68,71). The van der Waals surface area contributed by atoms with Crippen LogP contribution in [0.5, 0.6) is 5.75 Å². The molecule has 380 valence electrons. The first-order chi connectivity index (χ1) is 34.5. The Labute approximate surface area is 419 Å². The van der Waals surface area contributed by atoms with Crippen LogP contribution in [0.1, 0.15) is 104 Å². The highest BCUT2D eigenvalue weighted by Gasteiger charge is 2.50. The minimum absolute atomic E-state index is 0.0319. The number of ether oxygens (including phenoxy) is 1. The first kappa shape index (κ1) is 49.3. The number of nitrogen functional groups attached to an aromatic ring is 1. The third-order valence-electron chi connectivity index (χ3n) is 16.1. The van der Waals surface area contributed by atoms with Crippen molar-refractivity contribution in [1.82, 2.24) is 30.2 Å². The highest BCUT2D eigenvalue weighted by atomic mass is 35.5. The molecular weight excluding hydrogens is 954 g/mol. The molecule has 10 rings (SSSR count). The van der Waals surface area contributed by atoms with Crippen molar-refractivity contribution < 1.29 is 41.5 Å². The molecule has 72 heavy (non-hydrogen) atoms. The molecular formula is C53H58ClF4N9O5. The largest absolute Gasteiger partial charge is 0.480 e. The van der Waals surface area contributed by atoms with Gasteiger partial charge in [-0.1, -0.05) is 48.9 Å². The maximum absolute atomic E-state index is 16.2. The van der Waals surface area contributed by atoms with E-state index in [0.29, 0.717) is 69.9 Å². The molecule has 0 bridgehead atoms. The molecule has 5 aliphatic rings. The number of urea groups is 1. The van der Waals surface area contributed by atoms with E-state index >= 15 is 17.6 Å². The Morgan fingerprint density at radius 3 is 2.26 bits per heavy atom. The van der Waals surface area contributed by atoms with Gasteiger partial charge in [-0.15, -0.1) is 0 Å². The van der Waals surface area contributed by atoms with Gasteiger partial charge in [0.25, 0.3) is 0 Å². The number of imide groups is 1. The number of likely N-dealkylation sites (tertiary alicyclic amines) is 2. The molecule has 19 heteroatoms. The quantitative estimate of drug-likeness (QED) is 0.0749. The smallest absolute Gasteiger partial charge is 0.329 e. The fourth-order valence-corrected chi connectivity index (χ4v) is 12.4. The second-order valence-corrected chi connectivity index (χ2v) is 20.6. The summed E-state index contributed by atoms with van der Waals surface area (Å²) in [7, 11) is 1.56. The number of piperidine rings is 2. The third kappa shape index (κ3) is 8.82. The predicted octanol–water partition coefficient (Wildman–Crippen LogP) is 8.24. The van der Waals surface area contributed by atoms with E-state index in [1.54, 1.807) is 7.05 Å². The second kappa shape index (κ2) is 19.6. The van der Waals surface area contributed by atoms with Gasteiger partial charge in [-0.25, -0.2) is 22.4 Å². The number of halogens is 5. The summed E-state index contributed by atoms with van der Waals surface area (Å²) in [5.41, 5.74) is 11.2. The van der Waals surface area contributed by atoms with E-state index in [1.807, 2.05) is 42.2 Å². The van der Waals surface area contributed by atoms with Crippen LogP contribution in [0.15, 0.2) is 54.6 Å². The van der Waals surface area contributed by atoms with Gasteiger partial charge in [-0.05, 0) is 100 Å². The molecule has 6 N–H and O–H groups in total. The molecule has 0 radical (unpaired) electrons. The SMILES string of the molecule is CC1c2c(cc(F)c(Cl)c2-c2c(C(N)=O)ccc(N)c2F)OC1(CNC1CCC(C(=O)N2CCC(CN3CCC(c4c(F)cc5c(N6CCC(=O)NC6=O)nn(C)c5c4F)CC3)CC2)CC1)c1ccccc1. The lowest BCUT2D eigenvalue weighted by molar-refractivity contribution is -0.138. The summed E-state index contributed by atoms with van der Waals surface area (Å²) in [5.74, 6) is -4.56. The molecule has 1 saturated carbocycles. The summed E-state index contributed by atoms with van der Waals surface area (Å²) in [4.78, 5) is 56.4. The molecule has 2 unspecified atom stereocenters. The zero-order valence-electron chi connectivity index (χ0n) is 40.2. The summed E-state index contributed by atoms with van der Waals surface area (Å²) >= 11 is 6.65. The maximum atomic E-state index is 16.2. The van der Waals surface area contributed by atoms with Crippen molar-refractivity contribution in [2.45, 2.75) is 88.2 Å². The third-order valence-corrected chi connectivity index (χ3v) is 16.5. The van der Waals surface area contributed by atoms with Gasteiger partial charge in [0.05, 0.1) is 21.7 Å². The van der Waals surface area contributed by atoms with Gasteiger partial charge in [0, 0.05) is 92.4 Å². The Morgan fingerprint density at radius 2 is 1.58 bits per heavy atom. The Bertz CT molecular complexity index is 2970. The first-order valence-electron chi connectivity index (χ1n) is 24.9. The number of carbonyl (C=O) groups is 4. The van der Waals surface area contributed by atoms with E-state index < -0.39 is 52.6 Å². The fraction of sp³-hybridized carbons (Fsp3) is 0.453. The highest BCUT2D eigenvalue weighted by Crippen LogP contribution is 2.56. The van der Waals surface area contributed by atoms with Crippen LogP contribution in [0.25, 0.3) is 22.0 Å². The Morgan fingerprint density at radius 1 is 0.875 bits per heavy atom. The average Bonchev–Trinajstić information content (AvgIpc) is 3.85. The van der Waals surface area contributed by atoms with Crippen LogP contribution in [0.2, 0.25) is 5.02 Å². The zero-order valence-corrected chi connectivity index (χ0v) is 41.0. The monoisotopic (exact) mass is 1010 g/mol. The summed E-state index contributed by atoms with van der Waals surface area (Å²) < 4.78 is 71.8. The lowest BCUT2D eigenvalue weighted by atomic mass is 9.77. The van der Waals surface area contributed by atoms with Gasteiger partial charge in [0.2, 0.25) is 17.7 Å². The van der Waals surface area contributed by atoms with Gasteiger partial charge in [-0.3, -0.25) is 29.3 Å². The normalized spacial score (nSPS) is 23.3. The summed E-state index contributed by atoms with van der Waals surface area (Å²) in [6.07, 6.45) is 5.92. The van der Waals surface area contributed by atoms with E-state index in [9.17, 15) is 19.2 Å². The minimum atomic E-state index is -1.09. The van der Waals surface area contributed by atoms with E-state index in [4.69, 9.17) is 27.8 Å². The number of anilines is 2. The fourth-order valence-electron chi connectivity index (χ4n) is 12.2. The number of aryl methyl sites for hydroxylation is 1. The molecule has 4 aliphatic heterocycles. The number of nitrogens with one attached hydrogen (secondary N) is 2. The molecule has 5 heterocycles. The number of carbonyl (C=O) groups excluding carboxylic acids is 4. The molecule has 14 nitrogen and oxygen atoms in total. The molecule has 1 aliphatic carbocycles. The van der Waals surface area contributed by atoms with Crippen molar-refractivity contribution >= 4 is 57.8 Å². The van der Waals surface area contributed by atoms with E-state index in [2.05, 4.69) is 20.6 Å². The van der Waals surface area contributed by atoms with Crippen LogP contribution >= 0.6 is 11.6 Å². The topological polar surface area (TPSA) is 181 Å². The molecule has 3 saturated heterocycles. The van der Waals surface area contributed by atoms with Crippen molar-refractivity contribution in [3.8, 4) is 16.9 Å². The lowest BCUT2D eigenvalue weighted by Gasteiger charge is -2.40. The van der Waals surface area contributed by atoms with Crippen molar-refractivity contribution in [3.05, 3.63) is 105 Å². The van der Waals surface area contributed by atoms with Crippen LogP contribution in [0.3, 0.4) is 0 Å². The van der Waals surface area contributed by atoms with Crippen molar-refractivity contribution in [2.24, 2.45) is 24.6 Å². The van der Waals surface area contributed by atoms with Crippen LogP contribution in [-0.2, 0) is 22.2 Å². The van der Waals surface area contributed by atoms with Crippen molar-refractivity contribution in [3.63, 3.8) is 0 Å². The van der Waals surface area contributed by atoms with E-state index in [-0.39, 0.29) is 92.2 Å². The average molecular weight is 1010 g/mol. The van der Waals surface area contributed by atoms with Crippen LogP contribution in [-0.4, -0.2) is 95.2 Å². The van der Waals surface area contributed by atoms with Crippen LogP contribution in [0, 0.1) is 35.1 Å². The number of rotatable bonds is 11. The number of amides is 5. The number of nitrogens with two attached hydrogens (primary N) is 2. The van der Waals surface area contributed by atoms with Gasteiger partial charge >= 0.3 is 6.03 Å². The van der Waals surface area contributed by atoms with Crippen molar-refractivity contribution in [2.75, 3.05) is 56.4 Å². The summed E-state index contributed by atoms with van der Waals surface area (Å²) in [6, 6.07) is 13.9. The number of nitrogens with zero attached hydrogens (tertiary/aromatic N) is 5. The molecule has 4 fully saturated rings. The first-order valence-corrected chi connectivity index (χ1v) is 25.3. The minimum Gasteiger partial charge on any atom is -0.480 e. The molecule has 5 amide bonds. The van der Waals surface area contributed by atoms with Gasteiger partial charge < -0.3 is 31.3 Å². The number of fused-ring (bicyclic) bond motifs is 2. The highest BCUT2D eigenvalue weighted by molar-refractivity contribution is 6.34. The molecule has 0 spiro atoms. The maximum Gasteiger partial charge on any atom is 0.329 e. The predicted molar refractivity (Wildman–Crippen MR) is 264 cm³/mol. The van der Waals surface area contributed by atoms with Crippen LogP contribution < -0.4 is 31.7 Å². The van der Waals surface area contributed by atoms with Gasteiger partial charge in [-0.2, -0.15) is 5.10 Å².